The zero-order valence-corrected chi connectivity index (χ0v) is 25.9. The lowest BCUT2D eigenvalue weighted by molar-refractivity contribution is 0.0493. The minimum Gasteiger partial charge on any atom is -0.467 e. The van der Waals surface area contributed by atoms with Gasteiger partial charge in [0.25, 0.3) is 0 Å². The highest BCUT2D eigenvalue weighted by Crippen LogP contribution is 2.53. The maximum Gasteiger partial charge on any atom is 0.188 e. The highest BCUT2D eigenvalue weighted by atomic mass is 31.1. The Morgan fingerprint density at radius 3 is 2.19 bits per heavy atom. The van der Waals surface area contributed by atoms with Crippen molar-refractivity contribution in [3.63, 3.8) is 0 Å². The van der Waals surface area contributed by atoms with Gasteiger partial charge < -0.3 is 14.8 Å². The molecule has 0 aliphatic carbocycles. The van der Waals surface area contributed by atoms with E-state index in [4.69, 9.17) is 9.47 Å². The first-order valence-corrected chi connectivity index (χ1v) is 14.7. The third-order valence-electron chi connectivity index (χ3n) is 6.98. The van der Waals surface area contributed by atoms with E-state index >= 15 is 0 Å². The molecule has 2 atom stereocenters. The van der Waals surface area contributed by atoms with E-state index < -0.39 is 0 Å². The van der Waals surface area contributed by atoms with Crippen LogP contribution >= 0.6 is 8.58 Å². The predicted molar refractivity (Wildman–Crippen MR) is 160 cm³/mol. The minimum absolute atomic E-state index is 0.0108. The fourth-order valence-electron chi connectivity index (χ4n) is 4.68. The standard InChI is InChI=1S/C32H52NO2P/c1-12-14-17-32(13-2,36-28-16-15-23(3)18-25(28)21-33-31(8,9)10)27-20-26(30(5,6)7)19-24(4)29(27)35-22-34-11/h15-16,18-20,33,36H,12-14,17,21-22H2,1-11H3. The third kappa shape index (κ3) is 8.30. The lowest BCUT2D eigenvalue weighted by Gasteiger charge is -2.38. The van der Waals surface area contributed by atoms with Gasteiger partial charge in [0, 0.05) is 29.9 Å². The van der Waals surface area contributed by atoms with Crippen LogP contribution in [0.1, 0.15) is 109 Å². The van der Waals surface area contributed by atoms with Crippen LogP contribution in [0.3, 0.4) is 0 Å². The Bertz CT molecular complexity index is 987. The summed E-state index contributed by atoms with van der Waals surface area (Å²) >= 11 is 0. The van der Waals surface area contributed by atoms with Gasteiger partial charge in [-0.2, -0.15) is 0 Å². The number of nitrogens with one attached hydrogen (secondary N) is 1. The van der Waals surface area contributed by atoms with E-state index in [1.807, 2.05) is 0 Å². The molecule has 0 spiro atoms. The zero-order valence-electron chi connectivity index (χ0n) is 24.9. The number of hydrogen-bond acceptors (Lipinski definition) is 3. The molecular weight excluding hydrogens is 461 g/mol. The van der Waals surface area contributed by atoms with Crippen molar-refractivity contribution in [3.8, 4) is 5.75 Å². The molecule has 0 saturated heterocycles. The molecule has 2 rings (SSSR count). The second kappa shape index (κ2) is 12.9. The van der Waals surface area contributed by atoms with Gasteiger partial charge in [-0.1, -0.05) is 91.9 Å². The van der Waals surface area contributed by atoms with Gasteiger partial charge in [-0.05, 0) is 74.9 Å². The van der Waals surface area contributed by atoms with Crippen LogP contribution in [0.4, 0.5) is 0 Å². The van der Waals surface area contributed by atoms with Crippen LogP contribution in [-0.4, -0.2) is 19.4 Å². The number of aryl methyl sites for hydroxylation is 2. The van der Waals surface area contributed by atoms with E-state index in [0.717, 1.165) is 25.1 Å². The normalized spacial score (nSPS) is 14.4. The van der Waals surface area contributed by atoms with Crippen LogP contribution in [0.5, 0.6) is 5.75 Å². The SMILES string of the molecule is CCCCC(CC)(Pc1ccc(C)cc1CNC(C)(C)C)c1cc(C(C)(C)C)cc(C)c1OCOC. The number of hydrogen-bond donors (Lipinski definition) is 1. The highest BCUT2D eigenvalue weighted by molar-refractivity contribution is 7.48. The molecule has 0 aromatic heterocycles. The van der Waals surface area contributed by atoms with Crippen molar-refractivity contribution in [3.05, 3.63) is 58.1 Å². The van der Waals surface area contributed by atoms with Crippen LogP contribution in [0.25, 0.3) is 0 Å². The summed E-state index contributed by atoms with van der Waals surface area (Å²) in [4.78, 5) is 0. The van der Waals surface area contributed by atoms with Gasteiger partial charge in [0.1, 0.15) is 5.75 Å². The van der Waals surface area contributed by atoms with Gasteiger partial charge in [-0.25, -0.2) is 0 Å². The lowest BCUT2D eigenvalue weighted by atomic mass is 9.80. The summed E-state index contributed by atoms with van der Waals surface area (Å²) < 4.78 is 11.7. The Morgan fingerprint density at radius 1 is 0.944 bits per heavy atom. The number of ether oxygens (including phenoxy) is 2. The van der Waals surface area contributed by atoms with Crippen LogP contribution in [0.15, 0.2) is 30.3 Å². The summed E-state index contributed by atoms with van der Waals surface area (Å²) in [5.41, 5.74) is 6.81. The molecule has 36 heavy (non-hydrogen) atoms. The number of benzene rings is 2. The summed E-state index contributed by atoms with van der Waals surface area (Å²) in [5, 5.41) is 5.21. The molecule has 0 heterocycles. The van der Waals surface area contributed by atoms with Crippen LogP contribution in [0, 0.1) is 13.8 Å². The van der Waals surface area contributed by atoms with Crippen LogP contribution in [0.2, 0.25) is 0 Å². The average molecular weight is 514 g/mol. The Balaban J connectivity index is 2.73. The quantitative estimate of drug-likeness (QED) is 0.229. The first-order chi connectivity index (χ1) is 16.8. The maximum absolute atomic E-state index is 6.32. The summed E-state index contributed by atoms with van der Waals surface area (Å²) in [7, 11) is 2.36. The Hall–Kier alpha value is -1.41. The molecule has 3 nitrogen and oxygen atoms in total. The topological polar surface area (TPSA) is 30.5 Å². The first-order valence-electron chi connectivity index (χ1n) is 13.7. The Kier molecular flexibility index (Phi) is 11.0. The second-order valence-corrected chi connectivity index (χ2v) is 14.1. The number of rotatable bonds is 12. The summed E-state index contributed by atoms with van der Waals surface area (Å²) in [6.07, 6.45) is 4.60. The van der Waals surface area contributed by atoms with E-state index in [1.165, 1.54) is 46.0 Å². The molecular formula is C32H52NO2P. The molecule has 2 unspecified atom stereocenters. The van der Waals surface area contributed by atoms with Crippen LogP contribution in [-0.2, 0) is 21.9 Å². The monoisotopic (exact) mass is 513 g/mol. The number of unbranched alkanes of at least 4 members (excludes halogenated alkanes) is 1. The van der Waals surface area contributed by atoms with E-state index in [0.29, 0.717) is 8.58 Å². The summed E-state index contributed by atoms with van der Waals surface area (Å²) in [6.45, 7) is 23.8. The molecule has 2 aromatic rings. The van der Waals surface area contributed by atoms with E-state index in [2.05, 4.69) is 105 Å². The van der Waals surface area contributed by atoms with Crippen molar-refractivity contribution in [2.75, 3.05) is 13.9 Å². The Morgan fingerprint density at radius 2 is 1.64 bits per heavy atom. The van der Waals surface area contributed by atoms with Gasteiger partial charge in [0.2, 0.25) is 0 Å². The van der Waals surface area contributed by atoms with E-state index in [1.54, 1.807) is 7.11 Å². The second-order valence-electron chi connectivity index (χ2n) is 12.4. The molecule has 0 fully saturated rings. The van der Waals surface area contributed by atoms with Gasteiger partial charge in [0.05, 0.1) is 0 Å². The van der Waals surface area contributed by atoms with Gasteiger partial charge in [0.15, 0.2) is 6.79 Å². The summed E-state index contributed by atoms with van der Waals surface area (Å²) in [6, 6.07) is 11.8. The molecule has 0 saturated carbocycles. The third-order valence-corrected chi connectivity index (χ3v) is 9.09. The zero-order chi connectivity index (χ0) is 27.1. The molecule has 202 valence electrons. The molecule has 0 radical (unpaired) electrons. The average Bonchev–Trinajstić information content (AvgIpc) is 2.79. The number of methoxy groups -OCH3 is 1. The molecule has 0 aliphatic heterocycles. The van der Waals surface area contributed by atoms with Gasteiger partial charge in [-0.15, -0.1) is 0 Å². The molecule has 0 amide bonds. The van der Waals surface area contributed by atoms with Crippen molar-refractivity contribution >= 4 is 13.9 Å². The van der Waals surface area contributed by atoms with E-state index in [-0.39, 0.29) is 22.9 Å². The predicted octanol–water partition coefficient (Wildman–Crippen LogP) is 8.27. The molecule has 1 N–H and O–H groups in total. The van der Waals surface area contributed by atoms with Crippen molar-refractivity contribution in [1.29, 1.82) is 0 Å². The Labute approximate surface area is 223 Å². The van der Waals surface area contributed by atoms with Gasteiger partial charge in [-0.3, -0.25) is 0 Å². The van der Waals surface area contributed by atoms with Crippen molar-refractivity contribution in [2.24, 2.45) is 0 Å². The fraction of sp³-hybridized carbons (Fsp3) is 0.625. The van der Waals surface area contributed by atoms with Gasteiger partial charge >= 0.3 is 0 Å². The smallest absolute Gasteiger partial charge is 0.188 e. The fourth-order valence-corrected chi connectivity index (χ4v) is 6.48. The largest absolute Gasteiger partial charge is 0.467 e. The lowest BCUT2D eigenvalue weighted by Crippen LogP contribution is -2.36. The molecule has 0 bridgehead atoms. The minimum atomic E-state index is 0.0108. The van der Waals surface area contributed by atoms with Crippen molar-refractivity contribution < 1.29 is 9.47 Å². The van der Waals surface area contributed by atoms with Crippen molar-refractivity contribution in [2.45, 2.75) is 118 Å². The van der Waals surface area contributed by atoms with Crippen molar-refractivity contribution in [1.82, 2.24) is 5.32 Å². The van der Waals surface area contributed by atoms with E-state index in [9.17, 15) is 0 Å². The molecule has 2 aromatic carbocycles. The van der Waals surface area contributed by atoms with Crippen LogP contribution < -0.4 is 15.4 Å². The highest BCUT2D eigenvalue weighted by Gasteiger charge is 2.36. The molecule has 0 aliphatic rings. The first kappa shape index (κ1) is 30.8. The molecule has 4 heteroatoms. The maximum atomic E-state index is 6.32. The summed E-state index contributed by atoms with van der Waals surface area (Å²) in [5.74, 6) is 1.01.